The van der Waals surface area contributed by atoms with Crippen molar-refractivity contribution in [2.45, 2.75) is 6.42 Å². The largest absolute Gasteiger partial charge is 0.495 e. The Morgan fingerprint density at radius 1 is 1.22 bits per heavy atom. The second-order valence-corrected chi connectivity index (χ2v) is 6.44. The molecule has 2 aromatic rings. The average molecular weight is 393 g/mol. The number of rotatable bonds is 5. The predicted molar refractivity (Wildman–Crippen MR) is 100 cm³/mol. The molecule has 0 radical (unpaired) electrons. The van der Waals surface area contributed by atoms with E-state index in [1.54, 1.807) is 18.2 Å². The zero-order valence-electron chi connectivity index (χ0n) is 14.8. The molecule has 27 heavy (non-hydrogen) atoms. The van der Waals surface area contributed by atoms with Crippen LogP contribution < -0.4 is 19.7 Å². The number of ether oxygens (including phenoxy) is 2. The Balaban J connectivity index is 1.78. The van der Waals surface area contributed by atoms with Crippen LogP contribution in [0.15, 0.2) is 36.4 Å². The van der Waals surface area contributed by atoms with Crippen molar-refractivity contribution in [3.05, 3.63) is 47.2 Å². The number of carbonyl (C=O) groups excluding carboxylic acids is 2. The van der Waals surface area contributed by atoms with E-state index in [4.69, 9.17) is 21.1 Å². The van der Waals surface area contributed by atoms with Crippen LogP contribution in [0, 0.1) is 11.7 Å². The molecule has 142 valence electrons. The second kappa shape index (κ2) is 7.84. The fourth-order valence-electron chi connectivity index (χ4n) is 2.98. The Kier molecular flexibility index (Phi) is 5.51. The molecule has 1 saturated heterocycles. The standard InChI is InChI=1S/C19H18ClFN2O4/c1-26-16-9-14(17(27-2)8-12(16)20)22-19(25)11-7-18(24)23(10-11)15-6-4-3-5-13(15)21/h3-6,8-9,11H,7,10H2,1-2H3,(H,22,25)/t11-/m1/s1. The lowest BCUT2D eigenvalue weighted by Gasteiger charge is -2.18. The van der Waals surface area contributed by atoms with E-state index in [2.05, 4.69) is 5.32 Å². The van der Waals surface area contributed by atoms with Crippen molar-refractivity contribution >= 4 is 34.8 Å². The van der Waals surface area contributed by atoms with Gasteiger partial charge >= 0.3 is 0 Å². The van der Waals surface area contributed by atoms with E-state index in [0.717, 1.165) is 0 Å². The molecule has 1 N–H and O–H groups in total. The number of carbonyl (C=O) groups is 2. The van der Waals surface area contributed by atoms with Gasteiger partial charge in [-0.15, -0.1) is 0 Å². The maximum Gasteiger partial charge on any atom is 0.229 e. The second-order valence-electron chi connectivity index (χ2n) is 6.03. The Bertz CT molecular complexity index is 890. The van der Waals surface area contributed by atoms with Crippen molar-refractivity contribution < 1.29 is 23.5 Å². The van der Waals surface area contributed by atoms with Gasteiger partial charge in [-0.3, -0.25) is 9.59 Å². The Morgan fingerprint density at radius 3 is 2.59 bits per heavy atom. The van der Waals surface area contributed by atoms with E-state index in [-0.39, 0.29) is 30.5 Å². The molecule has 2 aromatic carbocycles. The number of hydrogen-bond acceptors (Lipinski definition) is 4. The van der Waals surface area contributed by atoms with Crippen LogP contribution in [0.5, 0.6) is 11.5 Å². The van der Waals surface area contributed by atoms with E-state index < -0.39 is 11.7 Å². The third-order valence-electron chi connectivity index (χ3n) is 4.37. The molecule has 0 bridgehead atoms. The van der Waals surface area contributed by atoms with E-state index >= 15 is 0 Å². The summed E-state index contributed by atoms with van der Waals surface area (Å²) in [5.41, 5.74) is 0.545. The highest BCUT2D eigenvalue weighted by molar-refractivity contribution is 6.32. The summed E-state index contributed by atoms with van der Waals surface area (Å²) < 4.78 is 24.4. The first kappa shape index (κ1) is 19.0. The van der Waals surface area contributed by atoms with Gasteiger partial charge in [-0.25, -0.2) is 4.39 Å². The van der Waals surface area contributed by atoms with Gasteiger partial charge in [-0.2, -0.15) is 0 Å². The number of amides is 2. The van der Waals surface area contributed by atoms with Crippen molar-refractivity contribution in [1.82, 2.24) is 0 Å². The molecule has 3 rings (SSSR count). The van der Waals surface area contributed by atoms with Gasteiger partial charge in [0.15, 0.2) is 0 Å². The first-order valence-electron chi connectivity index (χ1n) is 8.22. The minimum Gasteiger partial charge on any atom is -0.495 e. The number of hydrogen-bond donors (Lipinski definition) is 1. The quantitative estimate of drug-likeness (QED) is 0.845. The van der Waals surface area contributed by atoms with Gasteiger partial charge in [0, 0.05) is 25.1 Å². The lowest BCUT2D eigenvalue weighted by Crippen LogP contribution is -2.28. The number of methoxy groups -OCH3 is 2. The molecule has 0 spiro atoms. The molecule has 1 heterocycles. The summed E-state index contributed by atoms with van der Waals surface area (Å²) in [6, 6.07) is 9.06. The van der Waals surface area contributed by atoms with Gasteiger partial charge in [0.25, 0.3) is 0 Å². The van der Waals surface area contributed by atoms with Crippen LogP contribution in [0.2, 0.25) is 5.02 Å². The van der Waals surface area contributed by atoms with Crippen molar-refractivity contribution in [3.8, 4) is 11.5 Å². The lowest BCUT2D eigenvalue weighted by molar-refractivity contribution is -0.122. The first-order chi connectivity index (χ1) is 12.9. The summed E-state index contributed by atoms with van der Waals surface area (Å²) in [6.07, 6.45) is -0.00674. The van der Waals surface area contributed by atoms with Crippen LogP contribution in [0.1, 0.15) is 6.42 Å². The van der Waals surface area contributed by atoms with Crippen LogP contribution in [-0.4, -0.2) is 32.6 Å². The van der Waals surface area contributed by atoms with E-state index in [1.807, 2.05) is 0 Å². The normalized spacial score (nSPS) is 16.4. The Hall–Kier alpha value is -2.80. The summed E-state index contributed by atoms with van der Waals surface area (Å²) in [5, 5.41) is 3.08. The van der Waals surface area contributed by atoms with Gasteiger partial charge < -0.3 is 19.7 Å². The number of halogens is 2. The maximum atomic E-state index is 14.0. The van der Waals surface area contributed by atoms with Crippen LogP contribution in [0.25, 0.3) is 0 Å². The van der Waals surface area contributed by atoms with E-state index in [1.165, 1.54) is 37.3 Å². The van der Waals surface area contributed by atoms with Gasteiger partial charge in [0.05, 0.1) is 36.5 Å². The molecule has 0 saturated carbocycles. The van der Waals surface area contributed by atoms with Gasteiger partial charge in [-0.05, 0) is 12.1 Å². The highest BCUT2D eigenvalue weighted by atomic mass is 35.5. The van der Waals surface area contributed by atoms with E-state index in [0.29, 0.717) is 22.2 Å². The zero-order chi connectivity index (χ0) is 19.6. The monoisotopic (exact) mass is 392 g/mol. The third-order valence-corrected chi connectivity index (χ3v) is 4.67. The smallest absolute Gasteiger partial charge is 0.229 e. The minimum absolute atomic E-state index is 0.00674. The zero-order valence-corrected chi connectivity index (χ0v) is 15.5. The van der Waals surface area contributed by atoms with Gasteiger partial charge in [0.1, 0.15) is 17.3 Å². The number of nitrogens with one attached hydrogen (secondary N) is 1. The van der Waals surface area contributed by atoms with E-state index in [9.17, 15) is 14.0 Å². The minimum atomic E-state index is -0.622. The maximum absolute atomic E-state index is 14.0. The van der Waals surface area contributed by atoms with Crippen LogP contribution in [0.3, 0.4) is 0 Å². The molecule has 1 fully saturated rings. The summed E-state index contributed by atoms with van der Waals surface area (Å²) in [6.45, 7) is 0.0959. The molecule has 1 aliphatic heterocycles. The lowest BCUT2D eigenvalue weighted by atomic mass is 10.1. The van der Waals surface area contributed by atoms with Crippen LogP contribution >= 0.6 is 11.6 Å². The van der Waals surface area contributed by atoms with Crippen molar-refractivity contribution in [3.63, 3.8) is 0 Å². The summed E-state index contributed by atoms with van der Waals surface area (Å²) in [7, 11) is 2.91. The molecule has 0 unspecified atom stereocenters. The van der Waals surface area contributed by atoms with Crippen LogP contribution in [-0.2, 0) is 9.59 Å². The molecule has 1 aliphatic rings. The highest BCUT2D eigenvalue weighted by Crippen LogP contribution is 2.36. The average Bonchev–Trinajstić information content (AvgIpc) is 3.04. The number of anilines is 2. The molecule has 0 aromatic heterocycles. The van der Waals surface area contributed by atoms with Crippen LogP contribution in [0.4, 0.5) is 15.8 Å². The van der Waals surface area contributed by atoms with Gasteiger partial charge in [0.2, 0.25) is 11.8 Å². The highest BCUT2D eigenvalue weighted by Gasteiger charge is 2.36. The number of para-hydroxylation sites is 1. The fourth-order valence-corrected chi connectivity index (χ4v) is 3.21. The Labute approximate surface area is 160 Å². The van der Waals surface area contributed by atoms with Crippen molar-refractivity contribution in [1.29, 1.82) is 0 Å². The number of nitrogens with zero attached hydrogens (tertiary/aromatic N) is 1. The summed E-state index contributed by atoms with van der Waals surface area (Å²) in [4.78, 5) is 26.2. The van der Waals surface area contributed by atoms with Crippen molar-refractivity contribution in [2.75, 3.05) is 31.0 Å². The molecule has 6 nitrogen and oxygen atoms in total. The molecular weight excluding hydrogens is 375 g/mol. The third kappa shape index (κ3) is 3.83. The van der Waals surface area contributed by atoms with Crippen molar-refractivity contribution in [2.24, 2.45) is 5.92 Å². The Morgan fingerprint density at radius 2 is 1.93 bits per heavy atom. The number of benzene rings is 2. The molecular formula is C19H18ClFN2O4. The SMILES string of the molecule is COc1cc(NC(=O)[C@@H]2CC(=O)N(c3ccccc3F)C2)c(OC)cc1Cl. The first-order valence-corrected chi connectivity index (χ1v) is 8.59. The predicted octanol–water partition coefficient (Wildman–Crippen LogP) is 3.49. The topological polar surface area (TPSA) is 67.9 Å². The molecule has 1 atom stereocenters. The molecule has 8 heteroatoms. The fraction of sp³-hybridized carbons (Fsp3) is 0.263. The summed E-state index contributed by atoms with van der Waals surface area (Å²) in [5.74, 6) is -1.06. The van der Waals surface area contributed by atoms with Gasteiger partial charge in [-0.1, -0.05) is 23.7 Å². The molecule has 0 aliphatic carbocycles. The molecule has 2 amide bonds. The summed E-state index contributed by atoms with van der Waals surface area (Å²) >= 11 is 6.06.